The number of hydrogen-bond acceptors (Lipinski definition) is 1. The summed E-state index contributed by atoms with van der Waals surface area (Å²) in [5, 5.41) is 1.64. The van der Waals surface area contributed by atoms with E-state index in [1.54, 1.807) is 17.6 Å². The van der Waals surface area contributed by atoms with Gasteiger partial charge in [0.1, 0.15) is 0 Å². The van der Waals surface area contributed by atoms with Crippen molar-refractivity contribution in [2.75, 3.05) is 0 Å². The maximum atomic E-state index is 10.2. The minimum Gasteiger partial charge on any atom is -0.297 e. The molecule has 0 atom stereocenters. The van der Waals surface area contributed by atoms with Crippen LogP contribution in [0.4, 0.5) is 0 Å². The van der Waals surface area contributed by atoms with Gasteiger partial charge in [-0.1, -0.05) is 6.08 Å². The zero-order chi connectivity index (χ0) is 6.91. The van der Waals surface area contributed by atoms with Crippen LogP contribution in [0.1, 0.15) is 0 Å². The highest BCUT2D eigenvalue weighted by Crippen LogP contribution is 2.67. The topological polar surface area (TPSA) is 17.1 Å². The molecule has 0 saturated carbocycles. The van der Waals surface area contributed by atoms with Crippen molar-refractivity contribution in [2.24, 2.45) is 0 Å². The van der Waals surface area contributed by atoms with Crippen LogP contribution in [0.5, 0.6) is 0 Å². The van der Waals surface area contributed by atoms with Crippen molar-refractivity contribution in [2.45, 2.75) is 0 Å². The third kappa shape index (κ3) is 1.31. The van der Waals surface area contributed by atoms with Crippen molar-refractivity contribution in [3.8, 4) is 0 Å². The summed E-state index contributed by atoms with van der Waals surface area (Å²) in [6, 6.07) is 0. The van der Waals surface area contributed by atoms with Gasteiger partial charge in [0, 0.05) is 0 Å². The zero-order valence-corrected chi connectivity index (χ0v) is 6.71. The Labute approximate surface area is 63.6 Å². The quantitative estimate of drug-likeness (QED) is 0.571. The molecule has 0 radical (unpaired) electrons. The maximum Gasteiger partial charge on any atom is 0.157 e. The monoisotopic (exact) mass is 182 g/mol. The van der Waals surface area contributed by atoms with E-state index in [9.17, 15) is 4.79 Å². The molecule has 1 aliphatic heterocycles. The van der Waals surface area contributed by atoms with E-state index < -0.39 is 8.46 Å². The molecule has 50 valence electrons. The molecular weight excluding hydrogens is 179 g/mol. The SMILES string of the molecule is O=CC1=CC=CS1(Cl)Cl. The average molecular weight is 183 g/mol. The van der Waals surface area contributed by atoms with E-state index in [2.05, 4.69) is 0 Å². The molecule has 1 rings (SSSR count). The molecular formula is C5H4Cl2OS. The molecule has 0 aromatic carbocycles. The van der Waals surface area contributed by atoms with E-state index in [4.69, 9.17) is 21.4 Å². The maximum absolute atomic E-state index is 10.2. The number of halogens is 2. The van der Waals surface area contributed by atoms with Gasteiger partial charge >= 0.3 is 0 Å². The summed E-state index contributed by atoms with van der Waals surface area (Å²) in [6.45, 7) is 0. The second kappa shape index (κ2) is 2.37. The second-order valence-corrected chi connectivity index (χ2v) is 6.68. The van der Waals surface area contributed by atoms with Crippen LogP contribution in [0.3, 0.4) is 0 Å². The number of carbonyl (C=O) groups is 1. The smallest absolute Gasteiger partial charge is 0.157 e. The van der Waals surface area contributed by atoms with Crippen molar-refractivity contribution < 1.29 is 4.79 Å². The molecule has 0 bridgehead atoms. The van der Waals surface area contributed by atoms with Gasteiger partial charge < -0.3 is 0 Å². The van der Waals surface area contributed by atoms with E-state index in [-0.39, 0.29) is 0 Å². The minimum absolute atomic E-state index is 0.478. The highest BCUT2D eigenvalue weighted by molar-refractivity contribution is 8.70. The molecule has 1 heterocycles. The number of rotatable bonds is 1. The number of allylic oxidation sites excluding steroid dienone is 3. The molecule has 0 N–H and O–H groups in total. The van der Waals surface area contributed by atoms with Gasteiger partial charge in [-0.2, -0.15) is 0 Å². The average Bonchev–Trinajstić information content (AvgIpc) is 2.08. The Balaban J connectivity index is 2.91. The van der Waals surface area contributed by atoms with Gasteiger partial charge in [-0.25, -0.2) is 0 Å². The van der Waals surface area contributed by atoms with Crippen LogP contribution < -0.4 is 0 Å². The van der Waals surface area contributed by atoms with Crippen LogP contribution in [-0.4, -0.2) is 6.29 Å². The molecule has 0 aromatic heterocycles. The summed E-state index contributed by atoms with van der Waals surface area (Å²) in [5.41, 5.74) is 0. The predicted molar refractivity (Wildman–Crippen MR) is 42.6 cm³/mol. The lowest BCUT2D eigenvalue weighted by Gasteiger charge is -2.14. The Kier molecular flexibility index (Phi) is 1.89. The second-order valence-electron chi connectivity index (χ2n) is 1.52. The number of hydrogen-bond donors (Lipinski definition) is 0. The van der Waals surface area contributed by atoms with Crippen molar-refractivity contribution in [3.63, 3.8) is 0 Å². The lowest BCUT2D eigenvalue weighted by molar-refractivity contribution is -0.104. The molecule has 4 heteroatoms. The zero-order valence-electron chi connectivity index (χ0n) is 4.38. The largest absolute Gasteiger partial charge is 0.297 e. The molecule has 0 fully saturated rings. The van der Waals surface area contributed by atoms with Crippen LogP contribution in [0.25, 0.3) is 0 Å². The fourth-order valence-corrected chi connectivity index (χ4v) is 2.21. The Bertz CT molecular complexity index is 195. The normalized spacial score (nSPS) is 25.3. The summed E-state index contributed by atoms with van der Waals surface area (Å²) in [6.07, 6.45) is 4.01. The van der Waals surface area contributed by atoms with Crippen molar-refractivity contribution in [3.05, 3.63) is 22.5 Å². The van der Waals surface area contributed by atoms with E-state index in [0.717, 1.165) is 0 Å². The van der Waals surface area contributed by atoms with Crippen LogP contribution >= 0.6 is 29.8 Å². The first kappa shape index (κ1) is 7.19. The van der Waals surface area contributed by atoms with Crippen molar-refractivity contribution in [1.29, 1.82) is 0 Å². The van der Waals surface area contributed by atoms with E-state index >= 15 is 0 Å². The highest BCUT2D eigenvalue weighted by atomic mass is 36.0. The van der Waals surface area contributed by atoms with Crippen molar-refractivity contribution in [1.82, 2.24) is 0 Å². The van der Waals surface area contributed by atoms with Gasteiger partial charge in [0.25, 0.3) is 0 Å². The third-order valence-corrected chi connectivity index (χ3v) is 3.99. The fraction of sp³-hybridized carbons (Fsp3) is 0. The van der Waals surface area contributed by atoms with E-state index in [0.29, 0.717) is 11.2 Å². The fourth-order valence-electron chi connectivity index (χ4n) is 0.506. The molecule has 1 aliphatic rings. The van der Waals surface area contributed by atoms with Crippen LogP contribution in [-0.2, 0) is 4.79 Å². The molecule has 0 saturated heterocycles. The molecule has 0 spiro atoms. The third-order valence-electron chi connectivity index (χ3n) is 0.940. The van der Waals surface area contributed by atoms with Gasteiger partial charge in [0.2, 0.25) is 0 Å². The number of aldehydes is 1. The predicted octanol–water partition coefficient (Wildman–Crippen LogP) is 2.71. The highest BCUT2D eigenvalue weighted by Gasteiger charge is 2.22. The van der Waals surface area contributed by atoms with Gasteiger partial charge in [0.05, 0.1) is 4.91 Å². The van der Waals surface area contributed by atoms with Gasteiger partial charge in [-0.15, -0.1) is 0 Å². The van der Waals surface area contributed by atoms with Gasteiger partial charge in [-0.05, 0) is 41.3 Å². The molecule has 9 heavy (non-hydrogen) atoms. The Morgan fingerprint density at radius 1 is 1.56 bits per heavy atom. The van der Waals surface area contributed by atoms with Crippen LogP contribution in [0.2, 0.25) is 0 Å². The summed E-state index contributed by atoms with van der Waals surface area (Å²) < 4.78 is 0. The van der Waals surface area contributed by atoms with E-state index in [1.807, 2.05) is 0 Å². The summed E-state index contributed by atoms with van der Waals surface area (Å²) >= 11 is 0. The van der Waals surface area contributed by atoms with Gasteiger partial charge in [-0.3, -0.25) is 4.79 Å². The van der Waals surface area contributed by atoms with Crippen molar-refractivity contribution >= 4 is 36.1 Å². The Morgan fingerprint density at radius 3 is 2.44 bits per heavy atom. The van der Waals surface area contributed by atoms with Gasteiger partial charge in [0.15, 0.2) is 6.29 Å². The first-order valence-corrected chi connectivity index (χ1v) is 5.58. The summed E-state index contributed by atoms with van der Waals surface area (Å²) in [7, 11) is 9.51. The first-order chi connectivity index (χ1) is 4.17. The summed E-state index contributed by atoms with van der Waals surface area (Å²) in [4.78, 5) is 10.6. The van der Waals surface area contributed by atoms with E-state index in [1.165, 1.54) is 0 Å². The minimum atomic E-state index is -1.88. The summed E-state index contributed by atoms with van der Waals surface area (Å²) in [5.74, 6) is 0. The lowest BCUT2D eigenvalue weighted by Crippen LogP contribution is -1.80. The molecule has 0 amide bonds. The molecule has 0 aromatic rings. The molecule has 1 nitrogen and oxygen atoms in total. The first-order valence-electron chi connectivity index (χ1n) is 2.23. The lowest BCUT2D eigenvalue weighted by atomic mass is 10.5. The molecule has 0 aliphatic carbocycles. The Hall–Kier alpha value is 0.0800. The van der Waals surface area contributed by atoms with Crippen LogP contribution in [0, 0.1) is 0 Å². The number of carbonyl (C=O) groups excluding carboxylic acids is 1. The van der Waals surface area contributed by atoms with Crippen LogP contribution in [0.15, 0.2) is 22.5 Å². The molecule has 0 unspecified atom stereocenters. The Morgan fingerprint density at radius 2 is 2.22 bits per heavy atom. The standard InChI is InChI=1S/C5H4Cl2OS/c6-9(7)3-1-2-5(9)4-8/h1-4H.